The minimum absolute atomic E-state index is 0.0245. The molecule has 1 N–H and O–H groups in total. The van der Waals surface area contributed by atoms with Crippen molar-refractivity contribution in [2.45, 2.75) is 39.7 Å². The zero-order valence-corrected chi connectivity index (χ0v) is 11.5. The number of aliphatic carboxylic acids is 1. The predicted octanol–water partition coefficient (Wildman–Crippen LogP) is 2.22. The first kappa shape index (κ1) is 13.6. The van der Waals surface area contributed by atoms with Gasteiger partial charge in [0.05, 0.1) is 5.56 Å². The summed E-state index contributed by atoms with van der Waals surface area (Å²) in [5.41, 5.74) is 0.470. The molecule has 2 heterocycles. The van der Waals surface area contributed by atoms with Crippen LogP contribution in [0.25, 0.3) is 0 Å². The molecule has 5 nitrogen and oxygen atoms in total. The molecule has 1 aliphatic heterocycles. The van der Waals surface area contributed by atoms with Crippen molar-refractivity contribution in [1.29, 1.82) is 0 Å². The quantitative estimate of drug-likeness (QED) is 0.890. The van der Waals surface area contributed by atoms with Crippen molar-refractivity contribution in [3.63, 3.8) is 0 Å². The Morgan fingerprint density at radius 3 is 2.63 bits per heavy atom. The van der Waals surface area contributed by atoms with Crippen LogP contribution in [0.2, 0.25) is 0 Å². The van der Waals surface area contributed by atoms with Crippen LogP contribution in [0, 0.1) is 19.8 Å². The molecule has 19 heavy (non-hydrogen) atoms. The van der Waals surface area contributed by atoms with Gasteiger partial charge in [-0.3, -0.25) is 4.79 Å². The van der Waals surface area contributed by atoms with E-state index in [2.05, 4.69) is 0 Å². The summed E-state index contributed by atoms with van der Waals surface area (Å²) < 4.78 is 5.35. The van der Waals surface area contributed by atoms with Gasteiger partial charge in [-0.15, -0.1) is 0 Å². The minimum Gasteiger partial charge on any atom is -0.480 e. The number of carboxylic acid groups (broad SMARTS) is 1. The molecule has 0 aliphatic carbocycles. The molecule has 1 fully saturated rings. The lowest BCUT2D eigenvalue weighted by atomic mass is 9.90. The molecule has 0 aromatic carbocycles. The van der Waals surface area contributed by atoms with E-state index in [1.54, 1.807) is 19.9 Å². The van der Waals surface area contributed by atoms with E-state index in [9.17, 15) is 14.7 Å². The fraction of sp³-hybridized carbons (Fsp3) is 0.571. The molecule has 1 aromatic rings. The maximum atomic E-state index is 12.5. The first-order chi connectivity index (χ1) is 8.91. The van der Waals surface area contributed by atoms with Gasteiger partial charge in [0.2, 0.25) is 0 Å². The molecule has 1 amide bonds. The van der Waals surface area contributed by atoms with Crippen LogP contribution < -0.4 is 0 Å². The van der Waals surface area contributed by atoms with Gasteiger partial charge in [0.15, 0.2) is 0 Å². The van der Waals surface area contributed by atoms with E-state index in [0.29, 0.717) is 23.6 Å². The third-order valence-corrected chi connectivity index (χ3v) is 3.72. The molecular weight excluding hydrogens is 246 g/mol. The summed E-state index contributed by atoms with van der Waals surface area (Å²) in [6.07, 6.45) is 1.68. The number of hydrogen-bond acceptors (Lipinski definition) is 3. The summed E-state index contributed by atoms with van der Waals surface area (Å²) in [6, 6.07) is 0.936. The third kappa shape index (κ3) is 2.50. The van der Waals surface area contributed by atoms with Gasteiger partial charge in [0.25, 0.3) is 5.91 Å². The highest BCUT2D eigenvalue weighted by molar-refractivity contribution is 5.97. The predicted molar refractivity (Wildman–Crippen MR) is 69.0 cm³/mol. The summed E-state index contributed by atoms with van der Waals surface area (Å²) >= 11 is 0. The van der Waals surface area contributed by atoms with Gasteiger partial charge in [0.1, 0.15) is 17.6 Å². The van der Waals surface area contributed by atoms with Crippen LogP contribution in [-0.2, 0) is 4.79 Å². The maximum absolute atomic E-state index is 12.5. The lowest BCUT2D eigenvalue weighted by Crippen LogP contribution is -2.51. The average Bonchev–Trinajstić information content (AvgIpc) is 2.66. The lowest BCUT2D eigenvalue weighted by Gasteiger charge is -2.37. The van der Waals surface area contributed by atoms with E-state index >= 15 is 0 Å². The summed E-state index contributed by atoms with van der Waals surface area (Å²) in [7, 11) is 0. The molecule has 2 rings (SSSR count). The van der Waals surface area contributed by atoms with Gasteiger partial charge in [-0.05, 0) is 38.7 Å². The Morgan fingerprint density at radius 2 is 2.11 bits per heavy atom. The van der Waals surface area contributed by atoms with Crippen molar-refractivity contribution in [3.8, 4) is 0 Å². The Morgan fingerprint density at radius 1 is 1.42 bits per heavy atom. The van der Waals surface area contributed by atoms with Crippen LogP contribution in [0.5, 0.6) is 0 Å². The molecule has 104 valence electrons. The summed E-state index contributed by atoms with van der Waals surface area (Å²) in [6.45, 7) is 5.87. The molecule has 1 saturated heterocycles. The van der Waals surface area contributed by atoms with Crippen LogP contribution in [-0.4, -0.2) is 34.5 Å². The third-order valence-electron chi connectivity index (χ3n) is 3.72. The highest BCUT2D eigenvalue weighted by Gasteiger charge is 2.38. The second-order valence-corrected chi connectivity index (χ2v) is 5.23. The molecule has 0 bridgehead atoms. The number of carbonyl (C=O) groups excluding carboxylic acids is 1. The van der Waals surface area contributed by atoms with E-state index in [1.165, 1.54) is 4.90 Å². The summed E-state index contributed by atoms with van der Waals surface area (Å²) in [5, 5.41) is 9.33. The molecule has 1 aliphatic rings. The van der Waals surface area contributed by atoms with Crippen LogP contribution in [0.15, 0.2) is 10.5 Å². The number of likely N-dealkylation sites (tertiary alicyclic amines) is 1. The van der Waals surface area contributed by atoms with Crippen molar-refractivity contribution in [1.82, 2.24) is 4.90 Å². The fourth-order valence-corrected chi connectivity index (χ4v) is 2.79. The lowest BCUT2D eigenvalue weighted by molar-refractivity contribution is -0.145. The topological polar surface area (TPSA) is 70.8 Å². The molecule has 1 aromatic heterocycles. The van der Waals surface area contributed by atoms with Gasteiger partial charge >= 0.3 is 5.97 Å². The number of carbonyl (C=O) groups is 2. The zero-order valence-electron chi connectivity index (χ0n) is 11.5. The fourth-order valence-electron chi connectivity index (χ4n) is 2.79. The monoisotopic (exact) mass is 265 g/mol. The molecule has 2 atom stereocenters. The standard InChI is InChI=1S/C14H19NO4/c1-8-5-4-6-15(12(8)14(17)18)13(16)11-7-9(2)19-10(11)3/h7-8,12H,4-6H2,1-3H3,(H,17,18). The van der Waals surface area contributed by atoms with Gasteiger partial charge in [-0.2, -0.15) is 0 Å². The number of piperidine rings is 1. The Hall–Kier alpha value is -1.78. The SMILES string of the molecule is Cc1cc(C(=O)N2CCCC(C)C2C(=O)O)c(C)o1. The van der Waals surface area contributed by atoms with Crippen LogP contribution in [0.3, 0.4) is 0 Å². The Kier molecular flexibility index (Phi) is 3.64. The highest BCUT2D eigenvalue weighted by Crippen LogP contribution is 2.26. The molecule has 0 radical (unpaired) electrons. The van der Waals surface area contributed by atoms with Crippen LogP contribution in [0.1, 0.15) is 41.6 Å². The largest absolute Gasteiger partial charge is 0.480 e. The summed E-state index contributed by atoms with van der Waals surface area (Å²) in [4.78, 5) is 25.3. The second kappa shape index (κ2) is 5.07. The minimum atomic E-state index is -0.932. The van der Waals surface area contributed by atoms with Gasteiger partial charge < -0.3 is 14.4 Å². The highest BCUT2D eigenvalue weighted by atomic mass is 16.4. The number of rotatable bonds is 2. The van der Waals surface area contributed by atoms with Crippen molar-refractivity contribution in [3.05, 3.63) is 23.2 Å². The van der Waals surface area contributed by atoms with Gasteiger partial charge in [0, 0.05) is 6.54 Å². The van der Waals surface area contributed by atoms with Crippen molar-refractivity contribution in [2.24, 2.45) is 5.92 Å². The van der Waals surface area contributed by atoms with Crippen LogP contribution >= 0.6 is 0 Å². The number of amides is 1. The maximum Gasteiger partial charge on any atom is 0.326 e. The molecule has 0 saturated carbocycles. The van der Waals surface area contributed by atoms with E-state index in [4.69, 9.17) is 4.42 Å². The number of carboxylic acids is 1. The van der Waals surface area contributed by atoms with E-state index < -0.39 is 12.0 Å². The van der Waals surface area contributed by atoms with Gasteiger partial charge in [-0.25, -0.2) is 4.79 Å². The summed E-state index contributed by atoms with van der Waals surface area (Å²) in [5.74, 6) is 0.0119. The molecule has 5 heteroatoms. The van der Waals surface area contributed by atoms with E-state index in [0.717, 1.165) is 12.8 Å². The number of furan rings is 1. The first-order valence-electron chi connectivity index (χ1n) is 6.52. The van der Waals surface area contributed by atoms with Crippen LogP contribution in [0.4, 0.5) is 0 Å². The van der Waals surface area contributed by atoms with E-state index in [1.807, 2.05) is 6.92 Å². The first-order valence-corrected chi connectivity index (χ1v) is 6.52. The average molecular weight is 265 g/mol. The Bertz CT molecular complexity index is 506. The number of nitrogens with zero attached hydrogens (tertiary/aromatic N) is 1. The Balaban J connectivity index is 2.30. The van der Waals surface area contributed by atoms with E-state index in [-0.39, 0.29) is 11.8 Å². The zero-order chi connectivity index (χ0) is 14.2. The number of hydrogen-bond donors (Lipinski definition) is 1. The second-order valence-electron chi connectivity index (χ2n) is 5.23. The molecule has 0 spiro atoms. The normalized spacial score (nSPS) is 23.4. The van der Waals surface area contributed by atoms with Crippen molar-refractivity contribution < 1.29 is 19.1 Å². The number of aryl methyl sites for hydroxylation is 2. The van der Waals surface area contributed by atoms with Gasteiger partial charge in [-0.1, -0.05) is 6.92 Å². The Labute approximate surface area is 112 Å². The van der Waals surface area contributed by atoms with Crippen molar-refractivity contribution in [2.75, 3.05) is 6.54 Å². The molecular formula is C14H19NO4. The smallest absolute Gasteiger partial charge is 0.326 e. The molecule has 2 unspecified atom stereocenters. The van der Waals surface area contributed by atoms with Crippen molar-refractivity contribution >= 4 is 11.9 Å².